The van der Waals surface area contributed by atoms with Gasteiger partial charge >= 0.3 is 0 Å². The summed E-state index contributed by atoms with van der Waals surface area (Å²) in [4.78, 5) is 18.6. The van der Waals surface area contributed by atoms with Crippen molar-refractivity contribution in [3.8, 4) is 0 Å². The van der Waals surface area contributed by atoms with E-state index < -0.39 is 0 Å². The number of allylic oxidation sites excluding steroid dienone is 1. The van der Waals surface area contributed by atoms with Crippen LogP contribution in [0.15, 0.2) is 49.6 Å². The number of carbonyl (C=O) groups excluding carboxylic acids is 1. The molecular formula is C17H19N3O. The number of hydrogen-bond acceptors (Lipinski definition) is 2. The van der Waals surface area contributed by atoms with E-state index in [4.69, 9.17) is 4.98 Å². The monoisotopic (exact) mass is 281 g/mol. The molecule has 1 aliphatic rings. The van der Waals surface area contributed by atoms with Gasteiger partial charge in [-0.05, 0) is 12.1 Å². The summed E-state index contributed by atoms with van der Waals surface area (Å²) in [7, 11) is 0. The highest BCUT2D eigenvalue weighted by molar-refractivity contribution is 5.81. The summed E-state index contributed by atoms with van der Waals surface area (Å²) in [5.74, 6) is 1.30. The minimum absolute atomic E-state index is 0.143. The van der Waals surface area contributed by atoms with Crippen molar-refractivity contribution < 1.29 is 4.79 Å². The first-order chi connectivity index (χ1) is 10.2. The maximum atomic E-state index is 12.1. The van der Waals surface area contributed by atoms with E-state index in [0.29, 0.717) is 26.1 Å². The Balaban J connectivity index is 2.00. The van der Waals surface area contributed by atoms with Crippen molar-refractivity contribution in [1.29, 1.82) is 0 Å². The zero-order valence-electron chi connectivity index (χ0n) is 12.0. The number of likely N-dealkylation sites (tertiary alicyclic amines) is 1. The Morgan fingerprint density at radius 1 is 1.24 bits per heavy atom. The number of amides is 1. The molecule has 21 heavy (non-hydrogen) atoms. The van der Waals surface area contributed by atoms with Gasteiger partial charge in [-0.2, -0.15) is 0 Å². The summed E-state index contributed by atoms with van der Waals surface area (Å²) in [5, 5.41) is 0. The molecule has 4 nitrogen and oxygen atoms in total. The van der Waals surface area contributed by atoms with Crippen LogP contribution < -0.4 is 0 Å². The van der Waals surface area contributed by atoms with Crippen molar-refractivity contribution in [2.75, 3.05) is 13.1 Å². The van der Waals surface area contributed by atoms with Crippen LogP contribution in [0.2, 0.25) is 0 Å². The zero-order valence-corrected chi connectivity index (χ0v) is 12.0. The van der Waals surface area contributed by atoms with E-state index in [0.717, 1.165) is 16.9 Å². The molecule has 2 heterocycles. The third-order valence-electron chi connectivity index (χ3n) is 3.92. The van der Waals surface area contributed by atoms with Gasteiger partial charge in [0.1, 0.15) is 5.82 Å². The molecule has 1 atom stereocenters. The third kappa shape index (κ3) is 2.37. The highest BCUT2D eigenvalue weighted by atomic mass is 16.2. The summed E-state index contributed by atoms with van der Waals surface area (Å²) >= 11 is 0. The lowest BCUT2D eigenvalue weighted by Crippen LogP contribution is -2.25. The molecule has 0 bridgehead atoms. The van der Waals surface area contributed by atoms with Gasteiger partial charge in [-0.25, -0.2) is 4.98 Å². The van der Waals surface area contributed by atoms with Crippen LogP contribution in [-0.2, 0) is 11.3 Å². The Kier molecular flexibility index (Phi) is 3.60. The number of benzene rings is 1. The number of imidazole rings is 1. The first-order valence-electron chi connectivity index (χ1n) is 7.19. The SMILES string of the molecule is C=CCN1C[C@H](c2nc3ccccc3n2CC=C)CC1=O. The molecule has 1 aromatic heterocycles. The van der Waals surface area contributed by atoms with Crippen LogP contribution in [0.4, 0.5) is 0 Å². The molecule has 0 N–H and O–H groups in total. The Hall–Kier alpha value is -2.36. The number of fused-ring (bicyclic) bond motifs is 1. The van der Waals surface area contributed by atoms with Gasteiger partial charge in [0.15, 0.2) is 0 Å². The molecule has 2 aromatic rings. The molecule has 108 valence electrons. The Labute approximate surface area is 124 Å². The summed E-state index contributed by atoms with van der Waals surface area (Å²) in [6, 6.07) is 8.07. The maximum Gasteiger partial charge on any atom is 0.223 e. The van der Waals surface area contributed by atoms with E-state index in [2.05, 4.69) is 23.8 Å². The fourth-order valence-electron chi connectivity index (χ4n) is 3.00. The van der Waals surface area contributed by atoms with Gasteiger partial charge in [-0.1, -0.05) is 24.3 Å². The zero-order chi connectivity index (χ0) is 14.8. The summed E-state index contributed by atoms with van der Waals surface area (Å²) in [6.45, 7) is 9.57. The Morgan fingerprint density at radius 3 is 2.76 bits per heavy atom. The summed E-state index contributed by atoms with van der Waals surface area (Å²) in [5.41, 5.74) is 2.07. The van der Waals surface area contributed by atoms with Crippen LogP contribution in [0, 0.1) is 0 Å². The van der Waals surface area contributed by atoms with Crippen molar-refractivity contribution in [3.05, 3.63) is 55.4 Å². The number of aromatic nitrogens is 2. The Morgan fingerprint density at radius 2 is 2.00 bits per heavy atom. The average molecular weight is 281 g/mol. The highest BCUT2D eigenvalue weighted by Gasteiger charge is 2.33. The van der Waals surface area contributed by atoms with Crippen molar-refractivity contribution >= 4 is 16.9 Å². The molecule has 1 saturated heterocycles. The number of para-hydroxylation sites is 2. The van der Waals surface area contributed by atoms with Gasteiger partial charge in [0.2, 0.25) is 5.91 Å². The Bertz CT molecular complexity index is 701. The van der Waals surface area contributed by atoms with E-state index >= 15 is 0 Å². The van der Waals surface area contributed by atoms with Gasteiger partial charge < -0.3 is 9.47 Å². The molecule has 1 aliphatic heterocycles. The lowest BCUT2D eigenvalue weighted by atomic mass is 10.1. The molecule has 0 saturated carbocycles. The van der Waals surface area contributed by atoms with E-state index in [1.165, 1.54) is 0 Å². The number of nitrogens with zero attached hydrogens (tertiary/aromatic N) is 3. The maximum absolute atomic E-state index is 12.1. The van der Waals surface area contributed by atoms with Crippen molar-refractivity contribution in [2.45, 2.75) is 18.9 Å². The molecule has 3 rings (SSSR count). The van der Waals surface area contributed by atoms with Gasteiger partial charge in [0.25, 0.3) is 0 Å². The minimum atomic E-state index is 0.143. The normalized spacial score (nSPS) is 18.4. The molecule has 0 spiro atoms. The summed E-state index contributed by atoms with van der Waals surface area (Å²) in [6.07, 6.45) is 4.16. The smallest absolute Gasteiger partial charge is 0.223 e. The van der Waals surface area contributed by atoms with Gasteiger partial charge in [-0.3, -0.25) is 4.79 Å². The second kappa shape index (κ2) is 5.56. The fourth-order valence-corrected chi connectivity index (χ4v) is 3.00. The van der Waals surface area contributed by atoms with Gasteiger partial charge in [0.05, 0.1) is 11.0 Å². The number of carbonyl (C=O) groups is 1. The molecule has 0 aliphatic carbocycles. The second-order valence-corrected chi connectivity index (χ2v) is 5.35. The van der Waals surface area contributed by atoms with Crippen molar-refractivity contribution in [2.24, 2.45) is 0 Å². The predicted molar refractivity (Wildman–Crippen MR) is 84.1 cm³/mol. The van der Waals surface area contributed by atoms with E-state index in [1.807, 2.05) is 29.2 Å². The van der Waals surface area contributed by atoms with Crippen LogP contribution >= 0.6 is 0 Å². The van der Waals surface area contributed by atoms with Crippen molar-refractivity contribution in [1.82, 2.24) is 14.5 Å². The molecule has 0 radical (unpaired) electrons. The first kappa shape index (κ1) is 13.6. The second-order valence-electron chi connectivity index (χ2n) is 5.35. The van der Waals surface area contributed by atoms with Crippen LogP contribution in [0.1, 0.15) is 18.2 Å². The standard InChI is InChI=1S/C17H19N3O/c1-3-9-19-12-13(11-16(19)21)17-18-14-7-5-6-8-15(14)20(17)10-4-2/h3-8,13H,1-2,9-12H2/t13-/m1/s1. The predicted octanol–water partition coefficient (Wildman–Crippen LogP) is 2.72. The molecule has 1 fully saturated rings. The van der Waals surface area contributed by atoms with Crippen LogP contribution in [0.25, 0.3) is 11.0 Å². The third-order valence-corrected chi connectivity index (χ3v) is 3.92. The van der Waals surface area contributed by atoms with E-state index in [9.17, 15) is 4.79 Å². The molecule has 1 aromatic carbocycles. The topological polar surface area (TPSA) is 38.1 Å². The molecule has 1 amide bonds. The molecular weight excluding hydrogens is 262 g/mol. The van der Waals surface area contributed by atoms with Crippen LogP contribution in [-0.4, -0.2) is 33.4 Å². The summed E-state index contributed by atoms with van der Waals surface area (Å²) < 4.78 is 2.16. The minimum Gasteiger partial charge on any atom is -0.338 e. The number of hydrogen-bond donors (Lipinski definition) is 0. The molecule has 0 unspecified atom stereocenters. The first-order valence-corrected chi connectivity index (χ1v) is 7.19. The van der Waals surface area contributed by atoms with Crippen LogP contribution in [0.5, 0.6) is 0 Å². The van der Waals surface area contributed by atoms with E-state index in [-0.39, 0.29) is 11.8 Å². The number of rotatable bonds is 5. The van der Waals surface area contributed by atoms with Crippen molar-refractivity contribution in [3.63, 3.8) is 0 Å². The van der Waals surface area contributed by atoms with Gasteiger partial charge in [0, 0.05) is 32.0 Å². The highest BCUT2D eigenvalue weighted by Crippen LogP contribution is 2.30. The lowest BCUT2D eigenvalue weighted by Gasteiger charge is -2.14. The lowest BCUT2D eigenvalue weighted by molar-refractivity contribution is -0.127. The average Bonchev–Trinajstić information content (AvgIpc) is 3.02. The van der Waals surface area contributed by atoms with E-state index in [1.54, 1.807) is 6.08 Å². The van der Waals surface area contributed by atoms with Crippen LogP contribution in [0.3, 0.4) is 0 Å². The quantitative estimate of drug-likeness (QED) is 0.790. The fraction of sp³-hybridized carbons (Fsp3) is 0.294. The molecule has 4 heteroatoms. The van der Waals surface area contributed by atoms with Gasteiger partial charge in [-0.15, -0.1) is 13.2 Å². The largest absolute Gasteiger partial charge is 0.338 e.